The standard InChI is InChI=1S/C20H29N3O3.ClH/c1-15-4-5-17(3)20(8-15)26-14-18(24)11-22-6-7-25-19(12-22)13-23-10-16(2)9-21-23;/h4-5,8-10,18-19,24H,6-7,11-14H2,1-3H3;1H. The lowest BCUT2D eigenvalue weighted by Gasteiger charge is -2.34. The minimum Gasteiger partial charge on any atom is -0.491 e. The van der Waals surface area contributed by atoms with E-state index in [0.717, 1.165) is 42.1 Å². The van der Waals surface area contributed by atoms with Gasteiger partial charge in [-0.3, -0.25) is 9.58 Å². The van der Waals surface area contributed by atoms with E-state index in [9.17, 15) is 5.11 Å². The molecule has 1 aliphatic heterocycles. The van der Waals surface area contributed by atoms with E-state index in [-0.39, 0.29) is 18.5 Å². The monoisotopic (exact) mass is 395 g/mol. The predicted molar refractivity (Wildman–Crippen MR) is 108 cm³/mol. The summed E-state index contributed by atoms with van der Waals surface area (Å²) < 4.78 is 13.6. The number of rotatable bonds is 7. The fourth-order valence-electron chi connectivity index (χ4n) is 3.23. The summed E-state index contributed by atoms with van der Waals surface area (Å²) in [4.78, 5) is 2.24. The molecule has 0 saturated carbocycles. The van der Waals surface area contributed by atoms with Crippen molar-refractivity contribution >= 4 is 12.4 Å². The van der Waals surface area contributed by atoms with E-state index < -0.39 is 6.10 Å². The smallest absolute Gasteiger partial charge is 0.122 e. The Bertz CT molecular complexity index is 722. The molecular weight excluding hydrogens is 366 g/mol. The molecule has 3 rings (SSSR count). The van der Waals surface area contributed by atoms with Crippen molar-refractivity contribution in [3.63, 3.8) is 0 Å². The van der Waals surface area contributed by atoms with Crippen molar-refractivity contribution in [1.82, 2.24) is 14.7 Å². The number of hydrogen-bond donors (Lipinski definition) is 1. The fraction of sp³-hybridized carbons (Fsp3) is 0.550. The highest BCUT2D eigenvalue weighted by Crippen LogP contribution is 2.19. The number of hydrogen-bond acceptors (Lipinski definition) is 5. The Hall–Kier alpha value is -1.60. The Morgan fingerprint density at radius 1 is 1.30 bits per heavy atom. The Balaban J connectivity index is 0.00000261. The summed E-state index contributed by atoms with van der Waals surface area (Å²) in [5.74, 6) is 0.845. The molecule has 7 heteroatoms. The van der Waals surface area contributed by atoms with Crippen molar-refractivity contribution < 1.29 is 14.6 Å². The van der Waals surface area contributed by atoms with E-state index in [4.69, 9.17) is 9.47 Å². The minimum absolute atomic E-state index is 0. The van der Waals surface area contributed by atoms with E-state index in [1.165, 1.54) is 0 Å². The molecule has 27 heavy (non-hydrogen) atoms. The maximum atomic E-state index is 10.4. The molecule has 1 aromatic carbocycles. The SMILES string of the molecule is Cc1ccc(C)c(OCC(O)CN2CCOC(Cn3cc(C)cn3)C2)c1.Cl. The summed E-state index contributed by atoms with van der Waals surface area (Å²) in [6.45, 7) is 10.0. The first kappa shape index (κ1) is 21.7. The molecular formula is C20H30ClN3O3. The lowest BCUT2D eigenvalue weighted by atomic mass is 10.1. The number of aliphatic hydroxyl groups is 1. The van der Waals surface area contributed by atoms with Crippen molar-refractivity contribution in [3.8, 4) is 5.75 Å². The van der Waals surface area contributed by atoms with Gasteiger partial charge in [0.15, 0.2) is 0 Å². The van der Waals surface area contributed by atoms with Crippen LogP contribution >= 0.6 is 12.4 Å². The summed E-state index contributed by atoms with van der Waals surface area (Å²) >= 11 is 0. The van der Waals surface area contributed by atoms with Crippen LogP contribution in [0.1, 0.15) is 16.7 Å². The van der Waals surface area contributed by atoms with Gasteiger partial charge in [-0.05, 0) is 43.5 Å². The predicted octanol–water partition coefficient (Wildman–Crippen LogP) is 2.37. The number of halogens is 1. The molecule has 0 bridgehead atoms. The number of β-amino-alcohol motifs (C(OH)–C–C–N with tert-alkyl or cyclic N) is 1. The summed E-state index contributed by atoms with van der Waals surface area (Å²) in [5.41, 5.74) is 3.39. The first-order chi connectivity index (χ1) is 12.5. The first-order valence-corrected chi connectivity index (χ1v) is 9.21. The highest BCUT2D eigenvalue weighted by molar-refractivity contribution is 5.85. The molecule has 1 fully saturated rings. The second-order valence-corrected chi connectivity index (χ2v) is 7.23. The molecule has 0 amide bonds. The topological polar surface area (TPSA) is 59.8 Å². The third kappa shape index (κ3) is 6.50. The average Bonchev–Trinajstić information content (AvgIpc) is 3.01. The Morgan fingerprint density at radius 3 is 2.85 bits per heavy atom. The zero-order valence-corrected chi connectivity index (χ0v) is 17.1. The summed E-state index contributed by atoms with van der Waals surface area (Å²) in [7, 11) is 0. The molecule has 0 radical (unpaired) electrons. The molecule has 0 spiro atoms. The molecule has 0 aliphatic carbocycles. The maximum Gasteiger partial charge on any atom is 0.122 e. The zero-order valence-electron chi connectivity index (χ0n) is 16.3. The van der Waals surface area contributed by atoms with Crippen LogP contribution in [0.3, 0.4) is 0 Å². The van der Waals surface area contributed by atoms with Crippen LogP contribution in [0, 0.1) is 20.8 Å². The molecule has 1 saturated heterocycles. The lowest BCUT2D eigenvalue weighted by Crippen LogP contribution is -2.47. The van der Waals surface area contributed by atoms with Crippen LogP contribution in [0.4, 0.5) is 0 Å². The summed E-state index contributed by atoms with van der Waals surface area (Å²) in [6, 6.07) is 6.12. The highest BCUT2D eigenvalue weighted by atomic mass is 35.5. The normalized spacial score (nSPS) is 18.7. The molecule has 2 heterocycles. The van der Waals surface area contributed by atoms with Crippen LogP contribution < -0.4 is 4.74 Å². The summed E-state index contributed by atoms with van der Waals surface area (Å²) in [6.07, 6.45) is 3.44. The van der Waals surface area contributed by atoms with Gasteiger partial charge in [0.2, 0.25) is 0 Å². The maximum absolute atomic E-state index is 10.4. The van der Waals surface area contributed by atoms with Crippen LogP contribution in [0.15, 0.2) is 30.6 Å². The van der Waals surface area contributed by atoms with E-state index in [2.05, 4.69) is 16.1 Å². The molecule has 2 atom stereocenters. The van der Waals surface area contributed by atoms with Crippen LogP contribution in [-0.4, -0.2) is 64.8 Å². The largest absolute Gasteiger partial charge is 0.491 e. The van der Waals surface area contributed by atoms with Gasteiger partial charge in [0.25, 0.3) is 0 Å². The Kier molecular flexibility index (Phi) is 8.10. The molecule has 1 aromatic heterocycles. The van der Waals surface area contributed by atoms with Gasteiger partial charge in [0.1, 0.15) is 18.5 Å². The van der Waals surface area contributed by atoms with Gasteiger partial charge in [-0.2, -0.15) is 5.10 Å². The second-order valence-electron chi connectivity index (χ2n) is 7.23. The van der Waals surface area contributed by atoms with Gasteiger partial charge in [-0.1, -0.05) is 12.1 Å². The van der Waals surface area contributed by atoms with E-state index in [1.54, 1.807) is 0 Å². The van der Waals surface area contributed by atoms with Crippen molar-refractivity contribution in [3.05, 3.63) is 47.3 Å². The van der Waals surface area contributed by atoms with E-state index in [1.807, 2.05) is 50.0 Å². The second kappa shape index (κ2) is 10.1. The van der Waals surface area contributed by atoms with Crippen molar-refractivity contribution in [2.75, 3.05) is 32.8 Å². The molecule has 1 aliphatic rings. The molecule has 6 nitrogen and oxygen atoms in total. The van der Waals surface area contributed by atoms with Crippen LogP contribution in [0.25, 0.3) is 0 Å². The van der Waals surface area contributed by atoms with Crippen LogP contribution in [-0.2, 0) is 11.3 Å². The number of aliphatic hydroxyl groups excluding tert-OH is 1. The van der Waals surface area contributed by atoms with Crippen molar-refractivity contribution in [1.29, 1.82) is 0 Å². The van der Waals surface area contributed by atoms with Gasteiger partial charge in [-0.15, -0.1) is 12.4 Å². The van der Waals surface area contributed by atoms with Gasteiger partial charge in [0, 0.05) is 25.8 Å². The Labute approximate surface area is 167 Å². The molecule has 1 N–H and O–H groups in total. The van der Waals surface area contributed by atoms with Gasteiger partial charge in [0.05, 0.1) is 25.5 Å². The molecule has 150 valence electrons. The van der Waals surface area contributed by atoms with E-state index >= 15 is 0 Å². The number of ether oxygens (including phenoxy) is 2. The minimum atomic E-state index is -0.527. The summed E-state index contributed by atoms with van der Waals surface area (Å²) in [5, 5.41) is 14.7. The lowest BCUT2D eigenvalue weighted by molar-refractivity contribution is -0.0517. The molecule has 2 aromatic rings. The van der Waals surface area contributed by atoms with Crippen molar-refractivity contribution in [2.24, 2.45) is 0 Å². The van der Waals surface area contributed by atoms with Crippen LogP contribution in [0.2, 0.25) is 0 Å². The van der Waals surface area contributed by atoms with Crippen LogP contribution in [0.5, 0.6) is 5.75 Å². The molecule has 2 unspecified atom stereocenters. The quantitative estimate of drug-likeness (QED) is 0.779. The number of morpholine rings is 1. The Morgan fingerprint density at radius 2 is 2.11 bits per heavy atom. The van der Waals surface area contributed by atoms with Gasteiger partial charge >= 0.3 is 0 Å². The van der Waals surface area contributed by atoms with E-state index in [0.29, 0.717) is 19.8 Å². The van der Waals surface area contributed by atoms with Gasteiger partial charge < -0.3 is 14.6 Å². The van der Waals surface area contributed by atoms with Crippen molar-refractivity contribution in [2.45, 2.75) is 39.5 Å². The first-order valence-electron chi connectivity index (χ1n) is 9.21. The third-order valence-corrected chi connectivity index (χ3v) is 4.62. The van der Waals surface area contributed by atoms with Gasteiger partial charge in [-0.25, -0.2) is 0 Å². The number of aromatic nitrogens is 2. The fourth-order valence-corrected chi connectivity index (χ4v) is 3.23. The highest BCUT2D eigenvalue weighted by Gasteiger charge is 2.23. The number of nitrogens with zero attached hydrogens (tertiary/aromatic N) is 3. The number of benzene rings is 1. The third-order valence-electron chi connectivity index (χ3n) is 4.62. The zero-order chi connectivity index (χ0) is 18.5. The average molecular weight is 396 g/mol. The number of aryl methyl sites for hydroxylation is 3.